The minimum absolute atomic E-state index is 0.0275. The van der Waals surface area contributed by atoms with Crippen molar-refractivity contribution in [3.63, 3.8) is 0 Å². The van der Waals surface area contributed by atoms with E-state index in [0.717, 1.165) is 12.1 Å². The molecule has 164 valence electrons. The Morgan fingerprint density at radius 2 is 1.84 bits per heavy atom. The Labute approximate surface area is 176 Å². The molecular weight excluding hydrogens is 450 g/mol. The molecule has 0 atom stereocenters. The molecule has 1 aliphatic rings. The van der Waals surface area contributed by atoms with E-state index < -0.39 is 41.4 Å². The van der Waals surface area contributed by atoms with Crippen molar-refractivity contribution in [3.8, 4) is 11.3 Å². The van der Waals surface area contributed by atoms with Gasteiger partial charge in [-0.25, -0.2) is 14.0 Å². The predicted molar refractivity (Wildman–Crippen MR) is 96.6 cm³/mol. The molecule has 0 saturated carbocycles. The summed E-state index contributed by atoms with van der Waals surface area (Å²) in [5.74, 6) is -6.52. The smallest absolute Gasteiger partial charge is 0.469 e. The fourth-order valence-corrected chi connectivity index (χ4v) is 2.93. The Balaban J connectivity index is 1.99. The van der Waals surface area contributed by atoms with Crippen LogP contribution in [0.25, 0.3) is 11.3 Å². The fraction of sp³-hybridized carbons (Fsp3) is 0.278. The van der Waals surface area contributed by atoms with Gasteiger partial charge in [0.05, 0.1) is 18.7 Å². The van der Waals surface area contributed by atoms with E-state index >= 15 is 0 Å². The van der Waals surface area contributed by atoms with Crippen LogP contribution in [0.5, 0.6) is 0 Å². The molecule has 13 heteroatoms. The maximum Gasteiger partial charge on any atom is 0.491 e. The van der Waals surface area contributed by atoms with Crippen LogP contribution in [0.4, 0.5) is 23.4 Å². The lowest BCUT2D eigenvalue weighted by atomic mass is 9.99. The Bertz CT molecular complexity index is 1060. The van der Waals surface area contributed by atoms with Crippen molar-refractivity contribution in [2.75, 3.05) is 25.1 Å². The maximum absolute atomic E-state index is 14.2. The minimum atomic E-state index is -5.41. The molecule has 1 fully saturated rings. The maximum atomic E-state index is 14.2. The van der Waals surface area contributed by atoms with Crippen molar-refractivity contribution in [2.45, 2.75) is 6.18 Å². The third-order valence-corrected chi connectivity index (χ3v) is 4.57. The standard InChI is InChI=1S/C18H12ClF4N3O5/c1-30-15(27)8-6-26(7-8)14-11(16(28)31-17(29)18(21,22)23)5-13(24-25-14)10-4-9(19)2-3-12(10)20/h2-5,8H,6-7H2,1H3. The zero-order valence-corrected chi connectivity index (χ0v) is 16.3. The first-order valence-corrected chi connectivity index (χ1v) is 8.88. The Hall–Kier alpha value is -3.28. The first-order valence-electron chi connectivity index (χ1n) is 8.50. The van der Waals surface area contributed by atoms with E-state index in [4.69, 9.17) is 11.6 Å². The summed E-state index contributed by atoms with van der Waals surface area (Å²) >= 11 is 5.83. The molecular formula is C18H12ClF4N3O5. The van der Waals surface area contributed by atoms with Crippen molar-refractivity contribution in [1.29, 1.82) is 0 Å². The summed E-state index contributed by atoms with van der Waals surface area (Å²) in [6, 6.07) is 4.38. The number of nitrogens with zero attached hydrogens (tertiary/aromatic N) is 3. The number of anilines is 1. The molecule has 1 saturated heterocycles. The van der Waals surface area contributed by atoms with Gasteiger partial charge in [0, 0.05) is 23.7 Å². The molecule has 0 spiro atoms. The molecule has 0 amide bonds. The van der Waals surface area contributed by atoms with E-state index in [1.165, 1.54) is 24.1 Å². The third-order valence-electron chi connectivity index (χ3n) is 4.33. The first-order chi connectivity index (χ1) is 14.5. The molecule has 8 nitrogen and oxygen atoms in total. The number of hydrogen-bond acceptors (Lipinski definition) is 8. The van der Waals surface area contributed by atoms with Crippen molar-refractivity contribution in [3.05, 3.63) is 40.7 Å². The molecule has 0 aliphatic carbocycles. The normalized spacial score (nSPS) is 14.1. The fourth-order valence-electron chi connectivity index (χ4n) is 2.76. The lowest BCUT2D eigenvalue weighted by Gasteiger charge is -2.38. The zero-order chi connectivity index (χ0) is 22.9. The monoisotopic (exact) mass is 461 g/mol. The Morgan fingerprint density at radius 1 is 1.16 bits per heavy atom. The molecule has 31 heavy (non-hydrogen) atoms. The number of ether oxygens (including phenoxy) is 2. The van der Waals surface area contributed by atoms with Crippen LogP contribution in [0.15, 0.2) is 24.3 Å². The highest BCUT2D eigenvalue weighted by atomic mass is 35.5. The SMILES string of the molecule is COC(=O)C1CN(c2nnc(-c3cc(Cl)ccc3F)cc2C(=O)OC(=O)C(F)(F)F)C1. The molecule has 1 aromatic carbocycles. The quantitative estimate of drug-likeness (QED) is 0.389. The van der Waals surface area contributed by atoms with Gasteiger partial charge < -0.3 is 14.4 Å². The van der Waals surface area contributed by atoms with Crippen LogP contribution in [-0.4, -0.2) is 54.5 Å². The number of esters is 3. The van der Waals surface area contributed by atoms with Crippen molar-refractivity contribution >= 4 is 35.3 Å². The number of halogens is 5. The number of benzene rings is 1. The molecule has 0 radical (unpaired) electrons. The van der Waals surface area contributed by atoms with Gasteiger partial charge in [-0.05, 0) is 24.3 Å². The molecule has 2 heterocycles. The van der Waals surface area contributed by atoms with E-state index in [1.54, 1.807) is 0 Å². The second-order valence-corrected chi connectivity index (χ2v) is 6.83. The average Bonchev–Trinajstić information content (AvgIpc) is 2.67. The summed E-state index contributed by atoms with van der Waals surface area (Å²) in [4.78, 5) is 36.3. The molecule has 1 aliphatic heterocycles. The predicted octanol–water partition coefficient (Wildman–Crippen LogP) is 2.79. The number of carbonyl (C=O) groups is 3. The van der Waals surface area contributed by atoms with Gasteiger partial charge >= 0.3 is 24.1 Å². The summed E-state index contributed by atoms with van der Waals surface area (Å²) in [5.41, 5.74) is -0.996. The number of alkyl halides is 3. The number of aromatic nitrogens is 2. The molecule has 1 aromatic heterocycles. The topological polar surface area (TPSA) is 98.7 Å². The van der Waals surface area contributed by atoms with Gasteiger partial charge in [-0.15, -0.1) is 10.2 Å². The van der Waals surface area contributed by atoms with Crippen LogP contribution in [0.1, 0.15) is 10.4 Å². The van der Waals surface area contributed by atoms with Crippen LogP contribution in [0.3, 0.4) is 0 Å². The Kier molecular flexibility index (Phi) is 6.11. The highest BCUT2D eigenvalue weighted by molar-refractivity contribution is 6.30. The van der Waals surface area contributed by atoms with E-state index in [2.05, 4.69) is 19.7 Å². The lowest BCUT2D eigenvalue weighted by Crippen LogP contribution is -2.51. The van der Waals surface area contributed by atoms with Gasteiger partial charge in [-0.1, -0.05) is 11.6 Å². The summed E-state index contributed by atoms with van der Waals surface area (Å²) in [6.45, 7) is 0.0550. The Morgan fingerprint density at radius 3 is 2.45 bits per heavy atom. The number of methoxy groups -OCH3 is 1. The average molecular weight is 462 g/mol. The number of hydrogen-bond donors (Lipinski definition) is 0. The zero-order valence-electron chi connectivity index (χ0n) is 15.6. The van der Waals surface area contributed by atoms with Gasteiger partial charge in [0.15, 0.2) is 5.82 Å². The number of carbonyl (C=O) groups excluding carboxylic acids is 3. The first kappa shape index (κ1) is 22.4. The summed E-state index contributed by atoms with van der Waals surface area (Å²) in [6.07, 6.45) is -5.41. The lowest BCUT2D eigenvalue weighted by molar-refractivity contribution is -0.193. The minimum Gasteiger partial charge on any atom is -0.469 e. The molecule has 0 bridgehead atoms. The van der Waals surface area contributed by atoms with Gasteiger partial charge in [0.1, 0.15) is 11.4 Å². The summed E-state index contributed by atoms with van der Waals surface area (Å²) in [5, 5.41) is 7.70. The second-order valence-electron chi connectivity index (χ2n) is 6.39. The highest BCUT2D eigenvalue weighted by Gasteiger charge is 2.44. The molecule has 3 rings (SSSR count). The van der Waals surface area contributed by atoms with Crippen LogP contribution in [-0.2, 0) is 19.1 Å². The van der Waals surface area contributed by atoms with Crippen molar-refractivity contribution in [1.82, 2.24) is 10.2 Å². The van der Waals surface area contributed by atoms with Gasteiger partial charge in [-0.3, -0.25) is 4.79 Å². The van der Waals surface area contributed by atoms with Crippen LogP contribution < -0.4 is 4.90 Å². The largest absolute Gasteiger partial charge is 0.491 e. The number of rotatable bonds is 4. The van der Waals surface area contributed by atoms with Crippen molar-refractivity contribution < 1.29 is 41.4 Å². The van der Waals surface area contributed by atoms with Crippen LogP contribution in [0.2, 0.25) is 5.02 Å². The van der Waals surface area contributed by atoms with Gasteiger partial charge in [0.2, 0.25) is 0 Å². The van der Waals surface area contributed by atoms with Crippen LogP contribution in [0, 0.1) is 11.7 Å². The van der Waals surface area contributed by atoms with Gasteiger partial charge in [0.25, 0.3) is 0 Å². The van der Waals surface area contributed by atoms with E-state index in [0.29, 0.717) is 0 Å². The summed E-state index contributed by atoms with van der Waals surface area (Å²) in [7, 11) is 1.19. The summed E-state index contributed by atoms with van der Waals surface area (Å²) < 4.78 is 60.1. The third kappa shape index (κ3) is 4.74. The van der Waals surface area contributed by atoms with E-state index in [9.17, 15) is 31.9 Å². The highest BCUT2D eigenvalue weighted by Crippen LogP contribution is 2.31. The van der Waals surface area contributed by atoms with Gasteiger partial charge in [-0.2, -0.15) is 13.2 Å². The van der Waals surface area contributed by atoms with E-state index in [-0.39, 0.29) is 35.2 Å². The molecule has 2 aromatic rings. The van der Waals surface area contributed by atoms with Crippen molar-refractivity contribution in [2.24, 2.45) is 5.92 Å². The van der Waals surface area contributed by atoms with E-state index in [1.807, 2.05) is 0 Å². The van der Waals surface area contributed by atoms with Crippen LogP contribution >= 0.6 is 11.6 Å². The second kappa shape index (κ2) is 8.46. The molecule has 0 unspecified atom stereocenters. The molecule has 0 N–H and O–H groups in total.